The van der Waals surface area contributed by atoms with Crippen molar-refractivity contribution < 1.29 is 10.0 Å². The van der Waals surface area contributed by atoms with E-state index in [4.69, 9.17) is 11.6 Å². The minimum absolute atomic E-state index is 0.516. The Labute approximate surface area is 103 Å². The van der Waals surface area contributed by atoms with Crippen LogP contribution in [0, 0.1) is 0 Å². The first-order valence-electron chi connectivity index (χ1n) is 4.76. The molecule has 0 aliphatic rings. The molecule has 0 atom stereocenters. The normalized spacial score (nSPS) is 10.8. The summed E-state index contributed by atoms with van der Waals surface area (Å²) in [6.07, 6.45) is 1.90. The molecule has 0 unspecified atom stereocenters. The average Bonchev–Trinajstić information content (AvgIpc) is 2.27. The molecule has 0 spiro atoms. The van der Waals surface area contributed by atoms with Crippen LogP contribution < -0.4 is 5.46 Å². The van der Waals surface area contributed by atoms with Crippen LogP contribution in [0.3, 0.4) is 0 Å². The van der Waals surface area contributed by atoms with Crippen molar-refractivity contribution in [3.05, 3.63) is 35.4 Å². The predicted molar refractivity (Wildman–Crippen MR) is 70.6 cm³/mol. The molecule has 0 aromatic heterocycles. The summed E-state index contributed by atoms with van der Waals surface area (Å²) in [4.78, 5) is 0.856. The molecule has 2 nitrogen and oxygen atoms in total. The summed E-state index contributed by atoms with van der Waals surface area (Å²) in [6, 6.07) is 9.12. The van der Waals surface area contributed by atoms with Gasteiger partial charge in [-0.25, -0.2) is 0 Å². The first-order chi connectivity index (χ1) is 7.65. The number of rotatable bonds is 2. The fourth-order valence-corrected chi connectivity index (χ4v) is 2.78. The predicted octanol–water partition coefficient (Wildman–Crippen LogP) is 1.89. The molecule has 0 bridgehead atoms. The van der Waals surface area contributed by atoms with Crippen molar-refractivity contribution in [2.45, 2.75) is 4.90 Å². The lowest BCUT2D eigenvalue weighted by molar-refractivity contribution is 0.425. The lowest BCUT2D eigenvalue weighted by Gasteiger charge is -2.11. The lowest BCUT2D eigenvalue weighted by atomic mass is 9.79. The third kappa shape index (κ3) is 1.94. The molecule has 5 heteroatoms. The van der Waals surface area contributed by atoms with Crippen LogP contribution in [-0.4, -0.2) is 23.4 Å². The van der Waals surface area contributed by atoms with Crippen molar-refractivity contribution in [2.75, 3.05) is 6.26 Å². The van der Waals surface area contributed by atoms with E-state index in [1.165, 1.54) is 11.8 Å². The van der Waals surface area contributed by atoms with E-state index in [0.29, 0.717) is 10.5 Å². The van der Waals surface area contributed by atoms with Crippen LogP contribution >= 0.6 is 23.4 Å². The van der Waals surface area contributed by atoms with E-state index in [-0.39, 0.29) is 0 Å². The molecule has 2 rings (SSSR count). The molecule has 2 aromatic carbocycles. The summed E-state index contributed by atoms with van der Waals surface area (Å²) < 4.78 is 0. The van der Waals surface area contributed by atoms with Crippen molar-refractivity contribution in [1.29, 1.82) is 0 Å². The van der Waals surface area contributed by atoms with Crippen LogP contribution in [0.1, 0.15) is 0 Å². The molecule has 0 radical (unpaired) electrons. The van der Waals surface area contributed by atoms with Crippen molar-refractivity contribution in [1.82, 2.24) is 0 Å². The van der Waals surface area contributed by atoms with E-state index in [9.17, 15) is 10.0 Å². The first kappa shape index (κ1) is 11.8. The molecule has 16 heavy (non-hydrogen) atoms. The number of benzene rings is 2. The Morgan fingerprint density at radius 2 is 1.88 bits per heavy atom. The zero-order valence-electron chi connectivity index (χ0n) is 8.64. The molecule has 82 valence electrons. The SMILES string of the molecule is CSc1c(B(O)O)ccc2c(Cl)cccc12. The van der Waals surface area contributed by atoms with Gasteiger partial charge < -0.3 is 10.0 Å². The highest BCUT2D eigenvalue weighted by molar-refractivity contribution is 7.99. The second-order valence-corrected chi connectivity index (χ2v) is 4.62. The van der Waals surface area contributed by atoms with Crippen LogP contribution in [0.4, 0.5) is 0 Å². The molecule has 0 saturated heterocycles. The van der Waals surface area contributed by atoms with E-state index in [0.717, 1.165) is 15.7 Å². The minimum atomic E-state index is -1.45. The Morgan fingerprint density at radius 1 is 1.12 bits per heavy atom. The van der Waals surface area contributed by atoms with E-state index in [2.05, 4.69) is 0 Å². The highest BCUT2D eigenvalue weighted by atomic mass is 35.5. The monoisotopic (exact) mass is 252 g/mol. The van der Waals surface area contributed by atoms with Crippen LogP contribution in [-0.2, 0) is 0 Å². The van der Waals surface area contributed by atoms with Crippen molar-refractivity contribution in [2.24, 2.45) is 0 Å². The Hall–Kier alpha value is -0.675. The summed E-state index contributed by atoms with van der Waals surface area (Å²) in [5.74, 6) is 0. The number of fused-ring (bicyclic) bond motifs is 1. The van der Waals surface area contributed by atoms with Gasteiger partial charge in [-0.15, -0.1) is 11.8 Å². The van der Waals surface area contributed by atoms with Gasteiger partial charge in [-0.1, -0.05) is 35.9 Å². The maximum Gasteiger partial charge on any atom is 0.489 e. The summed E-state index contributed by atoms with van der Waals surface area (Å²) >= 11 is 7.57. The zero-order chi connectivity index (χ0) is 11.7. The number of halogens is 1. The third-order valence-electron chi connectivity index (χ3n) is 2.47. The van der Waals surface area contributed by atoms with Gasteiger partial charge in [0.25, 0.3) is 0 Å². The zero-order valence-corrected chi connectivity index (χ0v) is 10.2. The van der Waals surface area contributed by atoms with Crippen LogP contribution in [0.2, 0.25) is 5.02 Å². The molecule has 0 heterocycles. The van der Waals surface area contributed by atoms with E-state index in [1.807, 2.05) is 30.5 Å². The molecular weight excluding hydrogens is 242 g/mol. The molecule has 0 saturated carbocycles. The molecule has 0 aliphatic heterocycles. The highest BCUT2D eigenvalue weighted by Gasteiger charge is 2.18. The van der Waals surface area contributed by atoms with Gasteiger partial charge in [0.05, 0.1) is 0 Å². The lowest BCUT2D eigenvalue weighted by Crippen LogP contribution is -2.31. The summed E-state index contributed by atoms with van der Waals surface area (Å²) in [5.41, 5.74) is 0.516. The number of thioether (sulfide) groups is 1. The van der Waals surface area contributed by atoms with Gasteiger partial charge in [-0.3, -0.25) is 0 Å². The molecule has 2 N–H and O–H groups in total. The van der Waals surface area contributed by atoms with Crippen LogP contribution in [0.5, 0.6) is 0 Å². The minimum Gasteiger partial charge on any atom is -0.423 e. The molecule has 0 fully saturated rings. The van der Waals surface area contributed by atoms with Crippen molar-refractivity contribution in [3.8, 4) is 0 Å². The second kappa shape index (κ2) is 4.68. The summed E-state index contributed by atoms with van der Waals surface area (Å²) in [5, 5.41) is 21.1. The van der Waals surface area contributed by atoms with Gasteiger partial charge >= 0.3 is 7.12 Å². The van der Waals surface area contributed by atoms with Gasteiger partial charge in [0.2, 0.25) is 0 Å². The van der Waals surface area contributed by atoms with Gasteiger partial charge in [-0.2, -0.15) is 0 Å². The Balaban J connectivity index is 2.81. The summed E-state index contributed by atoms with van der Waals surface area (Å²) in [6.45, 7) is 0. The van der Waals surface area contributed by atoms with Gasteiger partial charge in [0.15, 0.2) is 0 Å². The van der Waals surface area contributed by atoms with Gasteiger partial charge in [-0.05, 0) is 23.2 Å². The van der Waals surface area contributed by atoms with Gasteiger partial charge in [0, 0.05) is 15.3 Å². The van der Waals surface area contributed by atoms with Crippen molar-refractivity contribution >= 4 is 46.7 Å². The van der Waals surface area contributed by atoms with E-state index >= 15 is 0 Å². The third-order valence-corrected chi connectivity index (χ3v) is 3.67. The first-order valence-corrected chi connectivity index (χ1v) is 6.36. The Kier molecular flexibility index (Phi) is 3.45. The number of hydrogen-bond acceptors (Lipinski definition) is 3. The second-order valence-electron chi connectivity index (χ2n) is 3.40. The molecular formula is C11H10BClO2S. The topological polar surface area (TPSA) is 40.5 Å². The summed E-state index contributed by atoms with van der Waals surface area (Å²) in [7, 11) is -1.45. The highest BCUT2D eigenvalue weighted by Crippen LogP contribution is 2.29. The van der Waals surface area contributed by atoms with E-state index < -0.39 is 7.12 Å². The average molecular weight is 253 g/mol. The van der Waals surface area contributed by atoms with E-state index in [1.54, 1.807) is 6.07 Å². The smallest absolute Gasteiger partial charge is 0.423 e. The largest absolute Gasteiger partial charge is 0.489 e. The fourth-order valence-electron chi connectivity index (χ4n) is 1.74. The Morgan fingerprint density at radius 3 is 2.50 bits per heavy atom. The number of hydrogen-bond donors (Lipinski definition) is 2. The molecule has 0 amide bonds. The maximum atomic E-state index is 9.27. The quantitative estimate of drug-likeness (QED) is 0.633. The fraction of sp³-hybridized carbons (Fsp3) is 0.0909. The molecule has 0 aliphatic carbocycles. The Bertz CT molecular complexity index is 531. The molecule has 2 aromatic rings. The van der Waals surface area contributed by atoms with Gasteiger partial charge in [0.1, 0.15) is 0 Å². The maximum absolute atomic E-state index is 9.27. The van der Waals surface area contributed by atoms with Crippen molar-refractivity contribution in [3.63, 3.8) is 0 Å². The standard InChI is InChI=1S/C11H10BClO2S/c1-16-11-8-3-2-4-10(13)7(8)5-6-9(11)12(14)15/h2-6,14-15H,1H3. The van der Waals surface area contributed by atoms with Crippen LogP contribution in [0.25, 0.3) is 10.8 Å². The van der Waals surface area contributed by atoms with Crippen LogP contribution in [0.15, 0.2) is 35.2 Å².